The number of likely N-dealkylation sites (N-methyl/N-ethyl adjacent to an activating group) is 1. The number of anilines is 1. The molecule has 0 fully saturated rings. The monoisotopic (exact) mass is 417 g/mol. The summed E-state index contributed by atoms with van der Waals surface area (Å²) >= 11 is 0. The van der Waals surface area contributed by atoms with Gasteiger partial charge in [-0.1, -0.05) is 42.5 Å². The minimum Gasteiger partial charge on any atom is -0.339 e. The Balaban J connectivity index is 1.66. The van der Waals surface area contributed by atoms with Crippen LogP contribution < -0.4 is 5.32 Å². The Morgan fingerprint density at radius 1 is 1.00 bits per heavy atom. The van der Waals surface area contributed by atoms with Crippen LogP contribution in [0.2, 0.25) is 0 Å². The fraction of sp³-hybridized carbons (Fsp3) is 0.167. The van der Waals surface area contributed by atoms with E-state index >= 15 is 0 Å². The van der Waals surface area contributed by atoms with Crippen LogP contribution in [0.25, 0.3) is 0 Å². The summed E-state index contributed by atoms with van der Waals surface area (Å²) in [6.07, 6.45) is 0.142. The number of carbonyl (C=O) groups is 2. The fourth-order valence-electron chi connectivity index (χ4n) is 3.14. The number of nitro groups is 1. The van der Waals surface area contributed by atoms with Crippen LogP contribution in [-0.2, 0) is 11.2 Å². The maximum absolute atomic E-state index is 12.7. The Kier molecular flexibility index (Phi) is 6.77. The quantitative estimate of drug-likeness (QED) is 0.449. The molecule has 7 nitrogen and oxygen atoms in total. The van der Waals surface area contributed by atoms with E-state index < -0.39 is 4.92 Å². The zero-order valence-electron chi connectivity index (χ0n) is 17.3. The van der Waals surface area contributed by atoms with Gasteiger partial charge in [0, 0.05) is 30.4 Å². The average Bonchev–Trinajstić information content (AvgIpc) is 2.79. The minimum atomic E-state index is -0.469. The van der Waals surface area contributed by atoms with Crippen LogP contribution in [0.3, 0.4) is 0 Å². The van der Waals surface area contributed by atoms with Crippen LogP contribution in [-0.4, -0.2) is 28.7 Å². The summed E-state index contributed by atoms with van der Waals surface area (Å²) in [7, 11) is 1.72. The smallest absolute Gasteiger partial charge is 0.269 e. The number of nitro benzene ring substituents is 1. The molecule has 0 aliphatic heterocycles. The third kappa shape index (κ3) is 5.54. The van der Waals surface area contributed by atoms with Gasteiger partial charge >= 0.3 is 0 Å². The van der Waals surface area contributed by atoms with Crippen LogP contribution >= 0.6 is 0 Å². The van der Waals surface area contributed by atoms with Crippen molar-refractivity contribution in [3.8, 4) is 0 Å². The van der Waals surface area contributed by atoms with Crippen LogP contribution in [0.15, 0.2) is 78.9 Å². The van der Waals surface area contributed by atoms with Crippen LogP contribution in [0, 0.1) is 10.1 Å². The molecule has 3 aromatic rings. The molecule has 0 saturated heterocycles. The molecule has 0 aliphatic rings. The topological polar surface area (TPSA) is 92.6 Å². The summed E-state index contributed by atoms with van der Waals surface area (Å²) in [5, 5.41) is 13.6. The Bertz CT molecular complexity index is 1080. The number of nitrogens with zero attached hydrogens (tertiary/aromatic N) is 2. The van der Waals surface area contributed by atoms with Crippen molar-refractivity contribution in [3.05, 3.63) is 106 Å². The number of nitrogens with one attached hydrogen (secondary N) is 1. The van der Waals surface area contributed by atoms with Gasteiger partial charge in [0.1, 0.15) is 0 Å². The summed E-state index contributed by atoms with van der Waals surface area (Å²) in [6.45, 7) is 1.91. The molecule has 158 valence electrons. The average molecular weight is 417 g/mol. The summed E-state index contributed by atoms with van der Waals surface area (Å²) in [5.41, 5.74) is 2.79. The summed E-state index contributed by atoms with van der Waals surface area (Å²) in [6, 6.07) is 22.1. The summed E-state index contributed by atoms with van der Waals surface area (Å²) in [4.78, 5) is 37.0. The first-order valence-electron chi connectivity index (χ1n) is 9.80. The molecule has 2 amide bonds. The third-order valence-electron chi connectivity index (χ3n) is 5.14. The molecule has 0 bridgehead atoms. The number of benzene rings is 3. The van der Waals surface area contributed by atoms with E-state index in [4.69, 9.17) is 0 Å². The standard InChI is InChI=1S/C24H23N3O4/c1-17(26(2)23(28)15-18-11-13-22(14-12-18)27(30)31)20-9-6-10-21(16-20)25-24(29)19-7-4-3-5-8-19/h3-14,16-17H,15H2,1-2H3,(H,25,29)/t17-/m1/s1. The molecule has 1 N–H and O–H groups in total. The van der Waals surface area contributed by atoms with Crippen LogP contribution in [0.4, 0.5) is 11.4 Å². The van der Waals surface area contributed by atoms with Crippen molar-refractivity contribution in [3.63, 3.8) is 0 Å². The molecule has 0 aromatic heterocycles. The van der Waals surface area contributed by atoms with Crippen molar-refractivity contribution in [2.45, 2.75) is 19.4 Å². The highest BCUT2D eigenvalue weighted by atomic mass is 16.6. The zero-order valence-corrected chi connectivity index (χ0v) is 17.3. The number of non-ortho nitro benzene ring substituents is 1. The van der Waals surface area contributed by atoms with Gasteiger partial charge in [-0.3, -0.25) is 19.7 Å². The second-order valence-electron chi connectivity index (χ2n) is 7.23. The Morgan fingerprint density at radius 3 is 2.32 bits per heavy atom. The molecule has 1 atom stereocenters. The molecule has 0 spiro atoms. The van der Waals surface area contributed by atoms with E-state index in [0.29, 0.717) is 16.8 Å². The van der Waals surface area contributed by atoms with Gasteiger partial charge in [0.15, 0.2) is 0 Å². The molecule has 0 saturated carbocycles. The molecule has 0 radical (unpaired) electrons. The summed E-state index contributed by atoms with van der Waals surface area (Å²) < 4.78 is 0. The maximum Gasteiger partial charge on any atom is 0.269 e. The number of rotatable bonds is 7. The van der Waals surface area contributed by atoms with Gasteiger partial charge in [-0.2, -0.15) is 0 Å². The molecular weight excluding hydrogens is 394 g/mol. The number of carbonyl (C=O) groups excluding carboxylic acids is 2. The molecule has 3 rings (SSSR count). The van der Waals surface area contributed by atoms with Gasteiger partial charge < -0.3 is 10.2 Å². The molecular formula is C24H23N3O4. The van der Waals surface area contributed by atoms with Crippen molar-refractivity contribution >= 4 is 23.2 Å². The van der Waals surface area contributed by atoms with E-state index in [-0.39, 0.29) is 30.0 Å². The van der Waals surface area contributed by atoms with Crippen molar-refractivity contribution in [2.75, 3.05) is 12.4 Å². The molecule has 31 heavy (non-hydrogen) atoms. The van der Waals surface area contributed by atoms with E-state index in [1.807, 2.05) is 31.2 Å². The highest BCUT2D eigenvalue weighted by Gasteiger charge is 2.19. The predicted octanol–water partition coefficient (Wildman–Crippen LogP) is 4.61. The minimum absolute atomic E-state index is 0.00714. The van der Waals surface area contributed by atoms with Gasteiger partial charge in [-0.15, -0.1) is 0 Å². The largest absolute Gasteiger partial charge is 0.339 e. The fourth-order valence-corrected chi connectivity index (χ4v) is 3.14. The molecule has 0 unspecified atom stereocenters. The van der Waals surface area contributed by atoms with E-state index in [2.05, 4.69) is 5.32 Å². The lowest BCUT2D eigenvalue weighted by Crippen LogP contribution is -2.31. The SMILES string of the molecule is C[C@H](c1cccc(NC(=O)c2ccccc2)c1)N(C)C(=O)Cc1ccc([N+](=O)[O-])cc1. The second-order valence-corrected chi connectivity index (χ2v) is 7.23. The first kappa shape index (κ1) is 21.7. The van der Waals surface area contributed by atoms with Crippen molar-refractivity contribution in [1.29, 1.82) is 0 Å². The lowest BCUT2D eigenvalue weighted by atomic mass is 10.0. The van der Waals surface area contributed by atoms with Gasteiger partial charge in [-0.05, 0) is 42.3 Å². The van der Waals surface area contributed by atoms with E-state index in [9.17, 15) is 19.7 Å². The Morgan fingerprint density at radius 2 is 1.68 bits per heavy atom. The highest BCUT2D eigenvalue weighted by Crippen LogP contribution is 2.23. The molecule has 3 aromatic carbocycles. The zero-order chi connectivity index (χ0) is 22.4. The lowest BCUT2D eigenvalue weighted by molar-refractivity contribution is -0.384. The van der Waals surface area contributed by atoms with Crippen molar-refractivity contribution in [1.82, 2.24) is 4.90 Å². The first-order valence-corrected chi connectivity index (χ1v) is 9.80. The lowest BCUT2D eigenvalue weighted by Gasteiger charge is -2.26. The van der Waals surface area contributed by atoms with E-state index in [1.54, 1.807) is 54.4 Å². The highest BCUT2D eigenvalue weighted by molar-refractivity contribution is 6.04. The molecule has 7 heteroatoms. The van der Waals surface area contributed by atoms with E-state index in [0.717, 1.165) is 5.56 Å². The maximum atomic E-state index is 12.7. The second kappa shape index (κ2) is 9.67. The number of hydrogen-bond donors (Lipinski definition) is 1. The Hall–Kier alpha value is -4.00. The van der Waals surface area contributed by atoms with Crippen LogP contribution in [0.1, 0.15) is 34.5 Å². The normalized spacial score (nSPS) is 11.4. The third-order valence-corrected chi connectivity index (χ3v) is 5.14. The van der Waals surface area contributed by atoms with Gasteiger partial charge in [0.05, 0.1) is 17.4 Å². The predicted molar refractivity (Wildman–Crippen MR) is 119 cm³/mol. The summed E-state index contributed by atoms with van der Waals surface area (Å²) in [5.74, 6) is -0.312. The van der Waals surface area contributed by atoms with E-state index in [1.165, 1.54) is 12.1 Å². The number of amides is 2. The molecule has 0 aliphatic carbocycles. The van der Waals surface area contributed by atoms with Gasteiger partial charge in [0.2, 0.25) is 5.91 Å². The Labute approximate surface area is 180 Å². The van der Waals surface area contributed by atoms with Gasteiger partial charge in [-0.25, -0.2) is 0 Å². The molecule has 0 heterocycles. The number of hydrogen-bond acceptors (Lipinski definition) is 4. The van der Waals surface area contributed by atoms with Gasteiger partial charge in [0.25, 0.3) is 11.6 Å². The first-order chi connectivity index (χ1) is 14.8. The van der Waals surface area contributed by atoms with Crippen molar-refractivity contribution < 1.29 is 14.5 Å². The van der Waals surface area contributed by atoms with Crippen molar-refractivity contribution in [2.24, 2.45) is 0 Å². The van der Waals surface area contributed by atoms with Crippen LogP contribution in [0.5, 0.6) is 0 Å².